The first-order valence-electron chi connectivity index (χ1n) is 3.94. The zero-order valence-corrected chi connectivity index (χ0v) is 9.92. The highest BCUT2D eigenvalue weighted by molar-refractivity contribution is 14.1. The van der Waals surface area contributed by atoms with Crippen molar-refractivity contribution in [3.8, 4) is 5.75 Å². The monoisotopic (exact) mass is 367 g/mol. The van der Waals surface area contributed by atoms with Crippen molar-refractivity contribution in [2.24, 2.45) is 0 Å². The van der Waals surface area contributed by atoms with Crippen molar-refractivity contribution >= 4 is 28.9 Å². The molecule has 1 aromatic heterocycles. The minimum absolute atomic E-state index is 0.158. The average molecular weight is 367 g/mol. The van der Waals surface area contributed by atoms with Crippen LogP contribution in [0.4, 0.5) is 22.0 Å². The third kappa shape index (κ3) is 3.75. The van der Waals surface area contributed by atoms with Crippen LogP contribution in [0.3, 0.4) is 0 Å². The molecule has 0 fully saturated rings. The van der Waals surface area contributed by atoms with E-state index in [2.05, 4.69) is 9.72 Å². The maximum absolute atomic E-state index is 12.5. The summed E-state index contributed by atoms with van der Waals surface area (Å²) in [7, 11) is 0. The van der Waals surface area contributed by atoms with Gasteiger partial charge in [0.15, 0.2) is 17.7 Å². The van der Waals surface area contributed by atoms with Crippen LogP contribution in [0.5, 0.6) is 5.75 Å². The van der Waals surface area contributed by atoms with E-state index in [1.54, 1.807) is 0 Å². The molecule has 0 aliphatic carbocycles. The molecule has 0 aliphatic heterocycles. The van der Waals surface area contributed by atoms with Gasteiger partial charge in [-0.3, -0.25) is 4.79 Å². The Morgan fingerprint density at radius 3 is 2.41 bits per heavy atom. The van der Waals surface area contributed by atoms with Gasteiger partial charge in [-0.1, -0.05) is 0 Å². The number of nitrogens with zero attached hydrogens (tertiary/aromatic N) is 1. The second kappa shape index (κ2) is 5.10. The van der Waals surface area contributed by atoms with E-state index < -0.39 is 24.2 Å². The summed E-state index contributed by atoms with van der Waals surface area (Å²) in [5.74, 6) is -1.08. The van der Waals surface area contributed by atoms with E-state index >= 15 is 0 Å². The number of alkyl halides is 5. The van der Waals surface area contributed by atoms with E-state index in [0.717, 1.165) is 6.07 Å². The van der Waals surface area contributed by atoms with Crippen molar-refractivity contribution in [2.45, 2.75) is 12.8 Å². The molecule has 9 heteroatoms. The van der Waals surface area contributed by atoms with Crippen LogP contribution in [0.25, 0.3) is 0 Å². The zero-order chi connectivity index (χ0) is 13.2. The van der Waals surface area contributed by atoms with Gasteiger partial charge in [-0.15, -0.1) is 13.2 Å². The van der Waals surface area contributed by atoms with Crippen LogP contribution in [0.1, 0.15) is 22.6 Å². The molecule has 94 valence electrons. The highest BCUT2D eigenvalue weighted by Crippen LogP contribution is 2.35. The van der Waals surface area contributed by atoms with Gasteiger partial charge in [-0.2, -0.15) is 0 Å². The number of hydrogen-bond donors (Lipinski definition) is 0. The Morgan fingerprint density at radius 2 is 2.00 bits per heavy atom. The Morgan fingerprint density at radius 1 is 1.41 bits per heavy atom. The molecule has 0 saturated heterocycles. The largest absolute Gasteiger partial charge is 0.573 e. The van der Waals surface area contributed by atoms with Gasteiger partial charge in [0.25, 0.3) is 6.43 Å². The van der Waals surface area contributed by atoms with Crippen molar-refractivity contribution in [3.05, 3.63) is 21.0 Å². The molecule has 0 aromatic carbocycles. The molecule has 0 spiro atoms. The maximum Gasteiger partial charge on any atom is 0.573 e. The Balaban J connectivity index is 3.31. The van der Waals surface area contributed by atoms with Crippen molar-refractivity contribution in [2.75, 3.05) is 0 Å². The van der Waals surface area contributed by atoms with Crippen LogP contribution in [-0.2, 0) is 0 Å². The minimum Gasteiger partial charge on any atom is -0.402 e. The fourth-order valence-corrected chi connectivity index (χ4v) is 1.67. The van der Waals surface area contributed by atoms with Gasteiger partial charge in [-0.25, -0.2) is 13.8 Å². The summed E-state index contributed by atoms with van der Waals surface area (Å²) >= 11 is 1.35. The number of rotatable bonds is 3. The lowest BCUT2D eigenvalue weighted by Gasteiger charge is -2.14. The normalized spacial score (nSPS) is 11.7. The SMILES string of the molecule is O=Cc1cc(I)c(OC(F)(F)F)c(C(F)F)n1. The van der Waals surface area contributed by atoms with Gasteiger partial charge in [0.1, 0.15) is 5.69 Å². The molecule has 0 amide bonds. The van der Waals surface area contributed by atoms with Crippen molar-refractivity contribution < 1.29 is 31.5 Å². The number of aldehydes is 1. The van der Waals surface area contributed by atoms with Crippen LogP contribution in [0.2, 0.25) is 0 Å². The Kier molecular flexibility index (Phi) is 4.22. The van der Waals surface area contributed by atoms with Gasteiger partial charge >= 0.3 is 6.36 Å². The van der Waals surface area contributed by atoms with Gasteiger partial charge in [0, 0.05) is 0 Å². The second-order valence-electron chi connectivity index (χ2n) is 2.71. The molecule has 0 N–H and O–H groups in total. The summed E-state index contributed by atoms with van der Waals surface area (Å²) in [6.45, 7) is 0. The number of carbonyl (C=O) groups is 1. The van der Waals surface area contributed by atoms with E-state index in [9.17, 15) is 26.7 Å². The highest BCUT2D eigenvalue weighted by Gasteiger charge is 2.35. The van der Waals surface area contributed by atoms with Crippen molar-refractivity contribution in [1.29, 1.82) is 0 Å². The van der Waals surface area contributed by atoms with Crippen LogP contribution >= 0.6 is 22.6 Å². The molecule has 1 rings (SSSR count). The maximum atomic E-state index is 12.5. The molecule has 3 nitrogen and oxygen atoms in total. The van der Waals surface area contributed by atoms with Gasteiger partial charge in [-0.05, 0) is 28.7 Å². The predicted molar refractivity (Wildman–Crippen MR) is 54.0 cm³/mol. The molecule has 0 bridgehead atoms. The van der Waals surface area contributed by atoms with Gasteiger partial charge < -0.3 is 4.74 Å². The number of pyridine rings is 1. The summed E-state index contributed by atoms with van der Waals surface area (Å²) in [4.78, 5) is 13.4. The fourth-order valence-electron chi connectivity index (χ4n) is 0.965. The lowest BCUT2D eigenvalue weighted by Crippen LogP contribution is -2.20. The first kappa shape index (κ1) is 14.1. The summed E-state index contributed by atoms with van der Waals surface area (Å²) in [6.07, 6.45) is -8.22. The first-order valence-corrected chi connectivity index (χ1v) is 5.02. The zero-order valence-electron chi connectivity index (χ0n) is 7.76. The predicted octanol–water partition coefficient (Wildman–Crippen LogP) is 3.33. The van der Waals surface area contributed by atoms with E-state index in [1.165, 1.54) is 22.6 Å². The second-order valence-corrected chi connectivity index (χ2v) is 3.87. The summed E-state index contributed by atoms with van der Waals surface area (Å²) in [5, 5.41) is 0. The number of carbonyl (C=O) groups excluding carboxylic acids is 1. The third-order valence-electron chi connectivity index (χ3n) is 1.52. The van der Waals surface area contributed by atoms with Crippen molar-refractivity contribution in [1.82, 2.24) is 4.98 Å². The number of halogens is 6. The molecule has 0 radical (unpaired) electrons. The smallest absolute Gasteiger partial charge is 0.402 e. The summed E-state index contributed by atoms with van der Waals surface area (Å²) in [5.41, 5.74) is -1.60. The molecule has 0 unspecified atom stereocenters. The van der Waals surface area contributed by atoms with Crippen molar-refractivity contribution in [3.63, 3.8) is 0 Å². The van der Waals surface area contributed by atoms with Crippen LogP contribution in [0.15, 0.2) is 6.07 Å². The number of ether oxygens (including phenoxy) is 1. The summed E-state index contributed by atoms with van der Waals surface area (Å²) < 4.78 is 64.1. The molecule has 1 aromatic rings. The molecule has 1 heterocycles. The lowest BCUT2D eigenvalue weighted by atomic mass is 10.3. The molecule has 0 aliphatic rings. The molecular weight excluding hydrogens is 364 g/mol. The molecule has 0 saturated carbocycles. The van der Waals surface area contributed by atoms with E-state index in [1.807, 2.05) is 0 Å². The molecular formula is C8H3F5INO2. The Bertz CT molecular complexity index is 435. The van der Waals surface area contributed by atoms with Crippen LogP contribution in [-0.4, -0.2) is 17.6 Å². The fraction of sp³-hybridized carbons (Fsp3) is 0.250. The van der Waals surface area contributed by atoms with Gasteiger partial charge in [0.05, 0.1) is 3.57 Å². The third-order valence-corrected chi connectivity index (χ3v) is 2.32. The quantitative estimate of drug-likeness (QED) is 0.468. The van der Waals surface area contributed by atoms with E-state index in [-0.39, 0.29) is 15.6 Å². The number of aromatic nitrogens is 1. The Hall–Kier alpha value is -1.00. The first-order chi connectivity index (χ1) is 7.74. The van der Waals surface area contributed by atoms with E-state index in [4.69, 9.17) is 0 Å². The molecule has 0 atom stereocenters. The average Bonchev–Trinajstić information content (AvgIpc) is 2.18. The highest BCUT2D eigenvalue weighted by atomic mass is 127. The molecule has 17 heavy (non-hydrogen) atoms. The minimum atomic E-state index is -5.10. The van der Waals surface area contributed by atoms with Crippen LogP contribution < -0.4 is 4.74 Å². The van der Waals surface area contributed by atoms with Gasteiger partial charge in [0.2, 0.25) is 0 Å². The standard InChI is InChI=1S/C8H3F5INO2/c9-7(10)5-6(17-8(11,12)13)4(14)1-3(2-16)15-5/h1-2,7H. The topological polar surface area (TPSA) is 39.2 Å². The number of hydrogen-bond acceptors (Lipinski definition) is 3. The van der Waals surface area contributed by atoms with Crippen LogP contribution in [0, 0.1) is 3.57 Å². The Labute approximate surface area is 105 Å². The lowest BCUT2D eigenvalue weighted by molar-refractivity contribution is -0.275. The summed E-state index contributed by atoms with van der Waals surface area (Å²) in [6, 6.07) is 0.917. The van der Waals surface area contributed by atoms with E-state index in [0.29, 0.717) is 0 Å².